The molecule has 0 radical (unpaired) electrons. The molecule has 30 heavy (non-hydrogen) atoms. The van der Waals surface area contributed by atoms with Gasteiger partial charge >= 0.3 is 0 Å². The lowest BCUT2D eigenvalue weighted by Crippen LogP contribution is -2.22. The van der Waals surface area contributed by atoms with E-state index in [1.807, 2.05) is 30.3 Å². The van der Waals surface area contributed by atoms with E-state index in [-0.39, 0.29) is 0 Å². The number of thioether (sulfide) groups is 1. The van der Waals surface area contributed by atoms with Crippen LogP contribution in [0.25, 0.3) is 11.4 Å². The standard InChI is InChI=1S/C21H22N8S/c1-16-9-11-17(12-10-16)28-20(27-13-5-6-14-27)23-24-21(28)30-15-19-22-25-26-29(19)18-7-3-2-4-8-18/h2-4,7-12H,5-6,13-15H2,1H3. The summed E-state index contributed by atoms with van der Waals surface area (Å²) < 4.78 is 3.91. The summed E-state index contributed by atoms with van der Waals surface area (Å²) in [5, 5.41) is 22.1. The minimum absolute atomic E-state index is 0.589. The molecule has 0 amide bonds. The van der Waals surface area contributed by atoms with E-state index in [9.17, 15) is 0 Å². The van der Waals surface area contributed by atoms with Crippen LogP contribution in [0.1, 0.15) is 24.2 Å². The van der Waals surface area contributed by atoms with Gasteiger partial charge in [-0.25, -0.2) is 0 Å². The number of nitrogens with zero attached hydrogens (tertiary/aromatic N) is 8. The fourth-order valence-electron chi connectivity index (χ4n) is 3.59. The zero-order valence-electron chi connectivity index (χ0n) is 16.7. The second kappa shape index (κ2) is 8.27. The Morgan fingerprint density at radius 1 is 0.867 bits per heavy atom. The van der Waals surface area contributed by atoms with E-state index < -0.39 is 0 Å². The number of benzene rings is 2. The predicted molar refractivity (Wildman–Crippen MR) is 116 cm³/mol. The lowest BCUT2D eigenvalue weighted by Gasteiger charge is -2.18. The van der Waals surface area contributed by atoms with Crippen molar-refractivity contribution in [2.45, 2.75) is 30.7 Å². The lowest BCUT2D eigenvalue weighted by molar-refractivity contribution is 0.777. The highest BCUT2D eigenvalue weighted by molar-refractivity contribution is 7.98. The van der Waals surface area contributed by atoms with Crippen molar-refractivity contribution in [1.82, 2.24) is 35.0 Å². The molecule has 1 aliphatic rings. The molecule has 1 saturated heterocycles. The second-order valence-corrected chi connectivity index (χ2v) is 8.22. The van der Waals surface area contributed by atoms with Crippen LogP contribution >= 0.6 is 11.8 Å². The average molecular weight is 419 g/mol. The molecule has 0 bridgehead atoms. The monoisotopic (exact) mass is 418 g/mol. The van der Waals surface area contributed by atoms with Gasteiger partial charge in [0, 0.05) is 13.1 Å². The minimum Gasteiger partial charge on any atom is -0.341 e. The Kier molecular flexibility index (Phi) is 5.18. The summed E-state index contributed by atoms with van der Waals surface area (Å²) in [4.78, 5) is 2.31. The summed E-state index contributed by atoms with van der Waals surface area (Å²) in [5.41, 5.74) is 3.24. The summed E-state index contributed by atoms with van der Waals surface area (Å²) in [7, 11) is 0. The molecule has 0 N–H and O–H groups in total. The highest BCUT2D eigenvalue weighted by Gasteiger charge is 2.23. The highest BCUT2D eigenvalue weighted by Crippen LogP contribution is 2.30. The van der Waals surface area contributed by atoms with Crippen LogP contribution in [0.3, 0.4) is 0 Å². The molecule has 0 spiro atoms. The maximum Gasteiger partial charge on any atom is 0.232 e. The van der Waals surface area contributed by atoms with E-state index in [4.69, 9.17) is 0 Å². The third kappa shape index (κ3) is 3.68. The van der Waals surface area contributed by atoms with Crippen LogP contribution in [0, 0.1) is 6.92 Å². The number of aryl methyl sites for hydroxylation is 1. The largest absolute Gasteiger partial charge is 0.341 e. The second-order valence-electron chi connectivity index (χ2n) is 7.28. The number of aromatic nitrogens is 7. The molecule has 8 nitrogen and oxygen atoms in total. The Bertz CT molecular complexity index is 1110. The summed E-state index contributed by atoms with van der Waals surface area (Å²) in [6.07, 6.45) is 2.38. The van der Waals surface area contributed by atoms with Crippen molar-refractivity contribution in [3.8, 4) is 11.4 Å². The number of anilines is 1. The molecule has 1 aliphatic heterocycles. The Morgan fingerprint density at radius 3 is 2.40 bits per heavy atom. The van der Waals surface area contributed by atoms with Gasteiger partial charge in [-0.1, -0.05) is 47.7 Å². The van der Waals surface area contributed by atoms with E-state index >= 15 is 0 Å². The van der Waals surface area contributed by atoms with Crippen molar-refractivity contribution in [2.75, 3.05) is 18.0 Å². The van der Waals surface area contributed by atoms with Gasteiger partial charge in [-0.05, 0) is 54.5 Å². The number of hydrogen-bond donors (Lipinski definition) is 0. The topological polar surface area (TPSA) is 77.5 Å². The zero-order chi connectivity index (χ0) is 20.3. The molecule has 9 heteroatoms. The third-order valence-corrected chi connectivity index (χ3v) is 6.09. The molecule has 0 saturated carbocycles. The van der Waals surface area contributed by atoms with Gasteiger partial charge in [0.25, 0.3) is 0 Å². The highest BCUT2D eigenvalue weighted by atomic mass is 32.2. The van der Waals surface area contributed by atoms with Gasteiger partial charge in [0.15, 0.2) is 11.0 Å². The summed E-state index contributed by atoms with van der Waals surface area (Å²) in [6, 6.07) is 18.4. The van der Waals surface area contributed by atoms with Gasteiger partial charge in [0.2, 0.25) is 5.95 Å². The van der Waals surface area contributed by atoms with Crippen molar-refractivity contribution < 1.29 is 0 Å². The van der Waals surface area contributed by atoms with Crippen LogP contribution in [0.5, 0.6) is 0 Å². The Balaban J connectivity index is 1.45. The van der Waals surface area contributed by atoms with E-state index in [2.05, 4.69) is 66.4 Å². The first-order valence-electron chi connectivity index (χ1n) is 10.0. The molecule has 2 aromatic heterocycles. The van der Waals surface area contributed by atoms with Gasteiger partial charge < -0.3 is 4.90 Å². The van der Waals surface area contributed by atoms with E-state index in [0.717, 1.165) is 41.4 Å². The van der Waals surface area contributed by atoms with Crippen molar-refractivity contribution >= 4 is 17.7 Å². The third-order valence-electron chi connectivity index (χ3n) is 5.16. The van der Waals surface area contributed by atoms with Crippen molar-refractivity contribution in [3.05, 3.63) is 66.0 Å². The van der Waals surface area contributed by atoms with E-state index in [1.165, 1.54) is 18.4 Å². The summed E-state index contributed by atoms with van der Waals surface area (Å²) in [5.74, 6) is 2.26. The molecule has 0 unspecified atom stereocenters. The summed E-state index contributed by atoms with van der Waals surface area (Å²) >= 11 is 1.59. The smallest absolute Gasteiger partial charge is 0.232 e. The number of rotatable bonds is 6. The maximum absolute atomic E-state index is 4.54. The van der Waals surface area contributed by atoms with Crippen molar-refractivity contribution in [3.63, 3.8) is 0 Å². The first kappa shape index (κ1) is 18.8. The van der Waals surface area contributed by atoms with E-state index in [1.54, 1.807) is 16.4 Å². The zero-order valence-corrected chi connectivity index (χ0v) is 17.5. The fraction of sp³-hybridized carbons (Fsp3) is 0.286. The lowest BCUT2D eigenvalue weighted by atomic mass is 10.2. The van der Waals surface area contributed by atoms with Gasteiger partial charge in [-0.2, -0.15) is 4.68 Å². The fourth-order valence-corrected chi connectivity index (χ4v) is 4.44. The van der Waals surface area contributed by atoms with Crippen LogP contribution in [-0.4, -0.2) is 48.1 Å². The maximum atomic E-state index is 4.54. The van der Waals surface area contributed by atoms with Gasteiger partial charge in [0.1, 0.15) is 0 Å². The average Bonchev–Trinajstić information content (AvgIpc) is 3.53. The number of hydrogen-bond acceptors (Lipinski definition) is 7. The summed E-state index contributed by atoms with van der Waals surface area (Å²) in [6.45, 7) is 4.12. The first-order chi connectivity index (χ1) is 14.8. The van der Waals surface area contributed by atoms with Crippen LogP contribution in [0.15, 0.2) is 59.8 Å². The quantitative estimate of drug-likeness (QED) is 0.444. The van der Waals surface area contributed by atoms with Crippen LogP contribution in [0.2, 0.25) is 0 Å². The Morgan fingerprint density at radius 2 is 1.63 bits per heavy atom. The van der Waals surface area contributed by atoms with Crippen molar-refractivity contribution in [2.24, 2.45) is 0 Å². The van der Waals surface area contributed by atoms with Crippen LogP contribution < -0.4 is 4.90 Å². The molecular formula is C21H22N8S. The number of para-hydroxylation sites is 1. The Hall–Kier alpha value is -3.20. The molecular weight excluding hydrogens is 396 g/mol. The predicted octanol–water partition coefficient (Wildman–Crippen LogP) is 3.44. The molecule has 0 aliphatic carbocycles. The molecule has 0 atom stereocenters. The molecule has 2 aromatic carbocycles. The van der Waals surface area contributed by atoms with Crippen LogP contribution in [-0.2, 0) is 5.75 Å². The molecule has 3 heterocycles. The molecule has 152 valence electrons. The molecule has 1 fully saturated rings. The molecule has 4 aromatic rings. The van der Waals surface area contributed by atoms with Gasteiger partial charge in [0.05, 0.1) is 17.1 Å². The van der Waals surface area contributed by atoms with E-state index in [0.29, 0.717) is 5.75 Å². The van der Waals surface area contributed by atoms with Gasteiger partial charge in [-0.3, -0.25) is 4.57 Å². The molecule has 5 rings (SSSR count). The number of tetrazole rings is 1. The van der Waals surface area contributed by atoms with Crippen LogP contribution in [0.4, 0.5) is 5.95 Å². The first-order valence-corrected chi connectivity index (χ1v) is 11.0. The normalized spacial score (nSPS) is 13.8. The SMILES string of the molecule is Cc1ccc(-n2c(SCc3nnnn3-c3ccccc3)nnc2N2CCCC2)cc1. The minimum atomic E-state index is 0.589. The Labute approximate surface area is 178 Å². The van der Waals surface area contributed by atoms with Gasteiger partial charge in [-0.15, -0.1) is 15.3 Å². The van der Waals surface area contributed by atoms with Crippen molar-refractivity contribution in [1.29, 1.82) is 0 Å².